The lowest BCUT2D eigenvalue weighted by Gasteiger charge is -2.32. The number of carbonyl (C=O) groups excluding carboxylic acids is 3. The van der Waals surface area contributed by atoms with Gasteiger partial charge in [0.05, 0.1) is 17.9 Å². The fourth-order valence-corrected chi connectivity index (χ4v) is 5.27. The van der Waals surface area contributed by atoms with Crippen LogP contribution in [-0.2, 0) is 9.59 Å². The van der Waals surface area contributed by atoms with Gasteiger partial charge in [-0.15, -0.1) is 0 Å². The summed E-state index contributed by atoms with van der Waals surface area (Å²) < 4.78 is 0. The summed E-state index contributed by atoms with van der Waals surface area (Å²) in [5.74, 6) is -0.875. The monoisotopic (exact) mass is 566 g/mol. The zero-order valence-corrected chi connectivity index (χ0v) is 24.7. The molecule has 3 aromatic rings. The van der Waals surface area contributed by atoms with E-state index < -0.39 is 5.92 Å². The number of nitrogens with one attached hydrogen (secondary N) is 1. The molecule has 0 spiro atoms. The van der Waals surface area contributed by atoms with Gasteiger partial charge in [0.2, 0.25) is 11.8 Å². The Bertz CT molecular complexity index is 1480. The van der Waals surface area contributed by atoms with E-state index >= 15 is 0 Å². The quantitative estimate of drug-likeness (QED) is 0.419. The smallest absolute Gasteiger partial charge is 0.253 e. The normalized spacial score (nSPS) is 17.5. The number of amides is 3. The third kappa shape index (κ3) is 6.27. The maximum Gasteiger partial charge on any atom is 0.253 e. The fraction of sp³-hybridized carbons (Fsp3) is 0.333. The van der Waals surface area contributed by atoms with E-state index in [-0.39, 0.29) is 17.7 Å². The van der Waals surface area contributed by atoms with Gasteiger partial charge in [0.25, 0.3) is 5.91 Å². The highest BCUT2D eigenvalue weighted by Crippen LogP contribution is 2.37. The predicted molar refractivity (Wildman–Crippen MR) is 167 cm³/mol. The molecule has 0 bridgehead atoms. The second-order valence-electron chi connectivity index (χ2n) is 11.0. The molecule has 1 atom stereocenters. The Kier molecular flexibility index (Phi) is 8.80. The van der Waals surface area contributed by atoms with Crippen molar-refractivity contribution in [3.63, 3.8) is 0 Å². The van der Waals surface area contributed by atoms with E-state index in [2.05, 4.69) is 22.2 Å². The maximum atomic E-state index is 13.4. The molecular formula is C33H38N6O3. The SMILES string of the molecule is CCN(C)C(=O)c1ccc2c(c1)NC(=O)C2C(=Nc1ccc(N(C)C(=O)CN2CCN(C)CC2)cc1)c1ccccc1. The van der Waals surface area contributed by atoms with Crippen molar-refractivity contribution in [1.82, 2.24) is 14.7 Å². The van der Waals surface area contributed by atoms with Crippen molar-refractivity contribution in [2.24, 2.45) is 4.99 Å². The number of piperazine rings is 1. The van der Waals surface area contributed by atoms with E-state index in [9.17, 15) is 14.4 Å². The zero-order valence-electron chi connectivity index (χ0n) is 24.7. The summed E-state index contributed by atoms with van der Waals surface area (Å²) in [4.78, 5) is 51.8. The van der Waals surface area contributed by atoms with Gasteiger partial charge >= 0.3 is 0 Å². The first kappa shape index (κ1) is 29.2. The first-order valence-electron chi connectivity index (χ1n) is 14.4. The summed E-state index contributed by atoms with van der Waals surface area (Å²) in [6.07, 6.45) is 0. The Hall–Kier alpha value is -4.34. The number of rotatable bonds is 8. The standard InChI is InChI=1S/C33H38N6O3/c1-5-37(3)33(42)24-11-16-27-28(21-24)35-32(41)30(27)31(23-9-7-6-8-10-23)34-25-12-14-26(15-13-25)38(4)29(40)22-39-19-17-36(2)18-20-39/h6-16,21,30H,5,17-20,22H2,1-4H3,(H,35,41). The molecule has 1 N–H and O–H groups in total. The van der Waals surface area contributed by atoms with E-state index in [0.29, 0.717) is 35.7 Å². The number of hydrogen-bond acceptors (Lipinski definition) is 6. The van der Waals surface area contributed by atoms with Gasteiger partial charge in [-0.2, -0.15) is 0 Å². The van der Waals surface area contributed by atoms with Crippen LogP contribution in [0.5, 0.6) is 0 Å². The van der Waals surface area contributed by atoms with Crippen LogP contribution < -0.4 is 10.2 Å². The predicted octanol–water partition coefficient (Wildman–Crippen LogP) is 3.85. The first-order chi connectivity index (χ1) is 20.2. The Morgan fingerprint density at radius 1 is 0.929 bits per heavy atom. The molecule has 218 valence electrons. The highest BCUT2D eigenvalue weighted by atomic mass is 16.2. The van der Waals surface area contributed by atoms with Crippen molar-refractivity contribution < 1.29 is 14.4 Å². The van der Waals surface area contributed by atoms with E-state index in [1.165, 1.54) is 0 Å². The molecule has 9 nitrogen and oxygen atoms in total. The number of hydrogen-bond donors (Lipinski definition) is 1. The van der Waals surface area contributed by atoms with Crippen LogP contribution in [0.2, 0.25) is 0 Å². The molecule has 2 aliphatic heterocycles. The van der Waals surface area contributed by atoms with Crippen molar-refractivity contribution in [2.75, 3.05) is 70.6 Å². The lowest BCUT2D eigenvalue weighted by atomic mass is 9.90. The van der Waals surface area contributed by atoms with Crippen LogP contribution in [0.3, 0.4) is 0 Å². The largest absolute Gasteiger partial charge is 0.342 e. The number of nitrogens with zero attached hydrogens (tertiary/aromatic N) is 5. The third-order valence-electron chi connectivity index (χ3n) is 8.11. The van der Waals surface area contributed by atoms with Gasteiger partial charge in [0.1, 0.15) is 5.92 Å². The van der Waals surface area contributed by atoms with Gasteiger partial charge in [0, 0.05) is 63.8 Å². The Morgan fingerprint density at radius 3 is 2.29 bits per heavy atom. The number of aliphatic imine (C=N–C) groups is 1. The molecule has 5 rings (SSSR count). The molecule has 1 saturated heterocycles. The highest BCUT2D eigenvalue weighted by Gasteiger charge is 2.36. The summed E-state index contributed by atoms with van der Waals surface area (Å²) >= 11 is 0. The van der Waals surface area contributed by atoms with E-state index in [4.69, 9.17) is 4.99 Å². The summed E-state index contributed by atoms with van der Waals surface area (Å²) in [6.45, 7) is 6.60. The molecule has 2 heterocycles. The third-order valence-corrected chi connectivity index (χ3v) is 8.11. The number of anilines is 2. The molecule has 3 aromatic carbocycles. The summed E-state index contributed by atoms with van der Waals surface area (Å²) in [7, 11) is 5.65. The molecule has 0 aliphatic carbocycles. The Morgan fingerprint density at radius 2 is 1.62 bits per heavy atom. The molecule has 1 fully saturated rings. The molecule has 9 heteroatoms. The van der Waals surface area contributed by atoms with Crippen molar-refractivity contribution in [3.8, 4) is 0 Å². The lowest BCUT2D eigenvalue weighted by Crippen LogP contribution is -2.48. The number of benzene rings is 3. The van der Waals surface area contributed by atoms with Crippen LogP contribution in [0, 0.1) is 0 Å². The second kappa shape index (κ2) is 12.7. The van der Waals surface area contributed by atoms with Crippen LogP contribution >= 0.6 is 0 Å². The summed E-state index contributed by atoms with van der Waals surface area (Å²) in [6, 6.07) is 22.5. The Labute approximate surface area is 247 Å². The maximum absolute atomic E-state index is 13.4. The van der Waals surface area contributed by atoms with Gasteiger partial charge in [-0.3, -0.25) is 24.3 Å². The van der Waals surface area contributed by atoms with Gasteiger partial charge < -0.3 is 20.0 Å². The molecule has 0 aromatic heterocycles. The molecule has 2 aliphatic rings. The highest BCUT2D eigenvalue weighted by molar-refractivity contribution is 6.24. The molecule has 0 radical (unpaired) electrons. The minimum absolute atomic E-state index is 0.0444. The number of carbonyl (C=O) groups is 3. The number of likely N-dealkylation sites (N-methyl/N-ethyl adjacent to an activating group) is 2. The first-order valence-corrected chi connectivity index (χ1v) is 14.4. The molecule has 42 heavy (non-hydrogen) atoms. The van der Waals surface area contributed by atoms with Crippen LogP contribution in [-0.4, -0.2) is 98.5 Å². The van der Waals surface area contributed by atoms with Gasteiger partial charge in [-0.05, 0) is 61.5 Å². The average Bonchev–Trinajstić information content (AvgIpc) is 3.35. The van der Waals surface area contributed by atoms with Crippen LogP contribution in [0.1, 0.15) is 34.3 Å². The van der Waals surface area contributed by atoms with Gasteiger partial charge in [-0.25, -0.2) is 0 Å². The minimum atomic E-state index is -0.636. The van der Waals surface area contributed by atoms with E-state index in [1.807, 2.05) is 67.6 Å². The van der Waals surface area contributed by atoms with Crippen molar-refractivity contribution in [1.29, 1.82) is 0 Å². The summed E-state index contributed by atoms with van der Waals surface area (Å²) in [5.41, 5.74) is 4.84. The average molecular weight is 567 g/mol. The Balaban J connectivity index is 1.40. The van der Waals surface area contributed by atoms with Crippen LogP contribution in [0.15, 0.2) is 77.8 Å². The van der Waals surface area contributed by atoms with Crippen molar-refractivity contribution >= 4 is 40.5 Å². The molecule has 3 amide bonds. The van der Waals surface area contributed by atoms with Gasteiger partial charge in [0.15, 0.2) is 0 Å². The minimum Gasteiger partial charge on any atom is -0.342 e. The summed E-state index contributed by atoms with van der Waals surface area (Å²) in [5, 5.41) is 2.97. The molecule has 0 saturated carbocycles. The van der Waals surface area contributed by atoms with Crippen molar-refractivity contribution in [2.45, 2.75) is 12.8 Å². The second-order valence-corrected chi connectivity index (χ2v) is 11.0. The topological polar surface area (TPSA) is 88.6 Å². The van der Waals surface area contributed by atoms with Crippen LogP contribution in [0.25, 0.3) is 0 Å². The molecular weight excluding hydrogens is 528 g/mol. The van der Waals surface area contributed by atoms with Crippen LogP contribution in [0.4, 0.5) is 17.1 Å². The molecule has 1 unspecified atom stereocenters. The number of fused-ring (bicyclic) bond motifs is 1. The zero-order chi connectivity index (χ0) is 29.8. The van der Waals surface area contributed by atoms with Crippen molar-refractivity contribution in [3.05, 3.63) is 89.5 Å². The van der Waals surface area contributed by atoms with E-state index in [0.717, 1.165) is 43.0 Å². The van der Waals surface area contributed by atoms with E-state index in [1.54, 1.807) is 36.0 Å². The van der Waals surface area contributed by atoms with Gasteiger partial charge in [-0.1, -0.05) is 36.4 Å². The lowest BCUT2D eigenvalue weighted by molar-refractivity contribution is -0.120. The fourth-order valence-electron chi connectivity index (χ4n) is 5.27.